The van der Waals surface area contributed by atoms with Crippen LogP contribution in [0.4, 0.5) is 0 Å². The predicted molar refractivity (Wildman–Crippen MR) is 124 cm³/mol. The number of halogens is 2. The molecule has 0 spiro atoms. The van der Waals surface area contributed by atoms with Crippen LogP contribution in [-0.2, 0) is 4.79 Å². The van der Waals surface area contributed by atoms with Gasteiger partial charge in [-0.25, -0.2) is 5.01 Å². The second-order valence-electron chi connectivity index (χ2n) is 7.15. The van der Waals surface area contributed by atoms with Crippen LogP contribution in [0.3, 0.4) is 0 Å². The highest BCUT2D eigenvalue weighted by Crippen LogP contribution is 2.35. The molecule has 156 valence electrons. The Balaban J connectivity index is 1.74. The smallest absolute Gasteiger partial charge is 0.276 e. The fraction of sp³-hybridized carbons (Fsp3) is 0.318. The van der Waals surface area contributed by atoms with Gasteiger partial charge in [0, 0.05) is 26.6 Å². The lowest BCUT2D eigenvalue weighted by Crippen LogP contribution is -2.50. The van der Waals surface area contributed by atoms with E-state index in [-0.39, 0.29) is 5.91 Å². The van der Waals surface area contributed by atoms with Crippen LogP contribution in [0.25, 0.3) is 5.70 Å². The minimum atomic E-state index is -0.540. The summed E-state index contributed by atoms with van der Waals surface area (Å²) in [6.45, 7) is 2.19. The zero-order valence-electron chi connectivity index (χ0n) is 16.6. The maximum absolute atomic E-state index is 13.1. The van der Waals surface area contributed by atoms with E-state index in [1.54, 1.807) is 28.9 Å². The minimum Gasteiger partial charge on any atom is -0.298 e. The molecule has 2 aliphatic rings. The Bertz CT molecular complexity index is 1120. The van der Waals surface area contributed by atoms with Gasteiger partial charge in [-0.1, -0.05) is 85.4 Å². The standard InChI is InChI=1S/C22H22Cl2N4OS/c1-2-3-4-7-12-30-22-26-21(29)19-16-8-5-6-9-18(16)25-20(28(19)27-22)15-11-10-14(23)13-17(15)24/h5-6,8-11,13,20H,2-4,7,12H2,1H3,(H,26,27,29). The third-order valence-corrected chi connectivity index (χ3v) is 6.51. The summed E-state index contributed by atoms with van der Waals surface area (Å²) >= 11 is 14.1. The number of carbonyl (C=O) groups excluding carboxylic acids is 1. The summed E-state index contributed by atoms with van der Waals surface area (Å²) in [4.78, 5) is 17.9. The van der Waals surface area contributed by atoms with Crippen molar-refractivity contribution in [3.8, 4) is 0 Å². The van der Waals surface area contributed by atoms with Gasteiger partial charge in [-0.2, -0.15) is 0 Å². The molecule has 0 aliphatic carbocycles. The quantitative estimate of drug-likeness (QED) is 0.647. The summed E-state index contributed by atoms with van der Waals surface area (Å²) in [5.74, 6) is 0.723. The Morgan fingerprint density at radius 3 is 2.77 bits per heavy atom. The molecule has 1 amide bonds. The van der Waals surface area contributed by atoms with Crippen molar-refractivity contribution in [3.63, 3.8) is 0 Å². The summed E-state index contributed by atoms with van der Waals surface area (Å²) in [5, 5.41) is 12.5. The van der Waals surface area contributed by atoms with Crippen molar-refractivity contribution in [2.45, 2.75) is 38.8 Å². The first-order valence-corrected chi connectivity index (χ1v) is 11.8. The zero-order valence-corrected chi connectivity index (χ0v) is 18.9. The molecule has 2 aliphatic heterocycles. The molecular formula is C22H22Cl2N4OS. The lowest BCUT2D eigenvalue weighted by atomic mass is 10.1. The Hall–Kier alpha value is -2.02. The highest BCUT2D eigenvalue weighted by atomic mass is 35.5. The van der Waals surface area contributed by atoms with Crippen molar-refractivity contribution in [1.29, 1.82) is 0 Å². The molecule has 0 radical (unpaired) electrons. The fourth-order valence-corrected chi connectivity index (χ4v) is 4.86. The molecule has 1 unspecified atom stereocenters. The molecular weight excluding hydrogens is 439 g/mol. The largest absolute Gasteiger partial charge is 0.298 e. The molecule has 1 N–H and O–H groups in total. The molecule has 5 nitrogen and oxygen atoms in total. The lowest BCUT2D eigenvalue weighted by Gasteiger charge is -2.34. The molecule has 0 aromatic heterocycles. The van der Waals surface area contributed by atoms with Crippen molar-refractivity contribution in [2.75, 3.05) is 5.75 Å². The number of carbonyl (C=O) groups is 1. The topological polar surface area (TPSA) is 57.1 Å². The van der Waals surface area contributed by atoms with Crippen LogP contribution >= 0.6 is 35.0 Å². The number of amidine groups is 1. The molecule has 0 saturated heterocycles. The summed E-state index contributed by atoms with van der Waals surface area (Å²) in [6, 6.07) is 12.9. The third-order valence-electron chi connectivity index (χ3n) is 4.99. The number of benzene rings is 2. The molecule has 1 atom stereocenters. The van der Waals surface area contributed by atoms with Crippen LogP contribution < -0.4 is 15.9 Å². The molecule has 2 aromatic rings. The van der Waals surface area contributed by atoms with Crippen LogP contribution in [-0.4, -0.2) is 21.8 Å². The summed E-state index contributed by atoms with van der Waals surface area (Å²) in [6.07, 6.45) is 4.14. The Labute approximate surface area is 189 Å². The van der Waals surface area contributed by atoms with Gasteiger partial charge in [0.2, 0.25) is 0 Å². The van der Waals surface area contributed by atoms with E-state index in [1.165, 1.54) is 19.3 Å². The maximum atomic E-state index is 13.1. The number of unbranched alkanes of at least 4 members (excludes halogenated alkanes) is 3. The van der Waals surface area contributed by atoms with Crippen LogP contribution in [0.2, 0.25) is 10.0 Å². The van der Waals surface area contributed by atoms with Gasteiger partial charge in [-0.05, 0) is 24.6 Å². The van der Waals surface area contributed by atoms with Crippen molar-refractivity contribution >= 4 is 51.7 Å². The Morgan fingerprint density at radius 2 is 1.97 bits per heavy atom. The second-order valence-corrected chi connectivity index (χ2v) is 9.07. The van der Waals surface area contributed by atoms with E-state index in [4.69, 9.17) is 33.3 Å². The summed E-state index contributed by atoms with van der Waals surface area (Å²) in [5.41, 5.74) is 1.23. The van der Waals surface area contributed by atoms with Gasteiger partial charge in [-0.15, -0.1) is 5.10 Å². The number of para-hydroxylation sites is 1. The number of nitrogens with one attached hydrogen (secondary N) is 1. The van der Waals surface area contributed by atoms with Crippen LogP contribution in [0, 0.1) is 0 Å². The van der Waals surface area contributed by atoms with Crippen molar-refractivity contribution in [3.05, 3.63) is 68.6 Å². The van der Waals surface area contributed by atoms with Gasteiger partial charge >= 0.3 is 0 Å². The summed E-state index contributed by atoms with van der Waals surface area (Å²) < 4.78 is 0. The molecule has 2 aromatic carbocycles. The van der Waals surface area contributed by atoms with Crippen molar-refractivity contribution < 1.29 is 4.79 Å². The van der Waals surface area contributed by atoms with Gasteiger partial charge < -0.3 is 0 Å². The number of hydrogen-bond donors (Lipinski definition) is 1. The van der Waals surface area contributed by atoms with Gasteiger partial charge in [0.25, 0.3) is 5.91 Å². The SMILES string of the molecule is CCCCCCSC1=NN2C(=c3ccccc3=NC2c2ccc(Cl)cc2Cl)C(=O)N1. The number of fused-ring (bicyclic) bond motifs is 2. The maximum Gasteiger partial charge on any atom is 0.276 e. The molecule has 8 heteroatoms. The molecule has 0 saturated carbocycles. The Morgan fingerprint density at radius 1 is 1.13 bits per heavy atom. The molecule has 4 rings (SSSR count). The number of hydrazone groups is 1. The molecule has 30 heavy (non-hydrogen) atoms. The number of rotatable bonds is 6. The van der Waals surface area contributed by atoms with E-state index in [0.717, 1.165) is 28.3 Å². The molecule has 0 fully saturated rings. The second kappa shape index (κ2) is 9.41. The van der Waals surface area contributed by atoms with E-state index < -0.39 is 6.17 Å². The summed E-state index contributed by atoms with van der Waals surface area (Å²) in [7, 11) is 0. The van der Waals surface area contributed by atoms with E-state index in [1.807, 2.05) is 30.3 Å². The van der Waals surface area contributed by atoms with Gasteiger partial charge in [0.05, 0.1) is 5.36 Å². The molecule has 2 heterocycles. The van der Waals surface area contributed by atoms with E-state index in [0.29, 0.717) is 20.9 Å². The first-order chi connectivity index (χ1) is 14.6. The average molecular weight is 461 g/mol. The number of amides is 1. The van der Waals surface area contributed by atoms with Gasteiger partial charge in [0.1, 0.15) is 5.70 Å². The van der Waals surface area contributed by atoms with Crippen molar-refractivity contribution in [1.82, 2.24) is 10.3 Å². The third kappa shape index (κ3) is 4.36. The first kappa shape index (κ1) is 21.2. The van der Waals surface area contributed by atoms with E-state index >= 15 is 0 Å². The highest BCUT2D eigenvalue weighted by molar-refractivity contribution is 8.13. The minimum absolute atomic E-state index is 0.182. The number of hydrogen-bond acceptors (Lipinski definition) is 5. The normalized spacial score (nSPS) is 17.6. The number of nitrogens with zero attached hydrogens (tertiary/aromatic N) is 3. The van der Waals surface area contributed by atoms with E-state index in [9.17, 15) is 4.79 Å². The van der Waals surface area contributed by atoms with Crippen LogP contribution in [0.15, 0.2) is 52.6 Å². The highest BCUT2D eigenvalue weighted by Gasteiger charge is 2.35. The van der Waals surface area contributed by atoms with Gasteiger partial charge in [-0.3, -0.25) is 15.1 Å². The van der Waals surface area contributed by atoms with Crippen LogP contribution in [0.5, 0.6) is 0 Å². The van der Waals surface area contributed by atoms with Gasteiger partial charge in [0.15, 0.2) is 11.3 Å². The fourth-order valence-electron chi connectivity index (χ4n) is 3.50. The first-order valence-electron chi connectivity index (χ1n) is 10.0. The monoisotopic (exact) mass is 460 g/mol. The average Bonchev–Trinajstić information content (AvgIpc) is 2.73. The van der Waals surface area contributed by atoms with Crippen LogP contribution in [0.1, 0.15) is 44.3 Å². The molecule has 0 bridgehead atoms. The zero-order chi connectivity index (χ0) is 21.1. The van der Waals surface area contributed by atoms with Crippen molar-refractivity contribution in [2.24, 2.45) is 10.1 Å². The number of thioether (sulfide) groups is 1. The predicted octanol–water partition coefficient (Wildman–Crippen LogP) is 4.45. The lowest BCUT2D eigenvalue weighted by molar-refractivity contribution is -0.116. The Kier molecular flexibility index (Phi) is 6.66. The van der Waals surface area contributed by atoms with E-state index in [2.05, 4.69) is 12.2 Å².